The first kappa shape index (κ1) is 15.6. The summed E-state index contributed by atoms with van der Waals surface area (Å²) in [5, 5.41) is 2.02. The first-order valence-corrected chi connectivity index (χ1v) is 9.75. The van der Waals surface area contributed by atoms with E-state index in [-0.39, 0.29) is 0 Å². The van der Waals surface area contributed by atoms with Crippen LogP contribution in [-0.4, -0.2) is 28.7 Å². The van der Waals surface area contributed by atoms with E-state index in [4.69, 9.17) is 9.97 Å². The number of hydrogen-bond acceptors (Lipinski definition) is 4. The summed E-state index contributed by atoms with van der Waals surface area (Å²) in [6.45, 7) is 0. The molecule has 3 aromatic carbocycles. The van der Waals surface area contributed by atoms with Crippen molar-refractivity contribution in [2.75, 3.05) is 0 Å². The van der Waals surface area contributed by atoms with Crippen LogP contribution < -0.4 is 0 Å². The predicted molar refractivity (Wildman–Crippen MR) is 118 cm³/mol. The Morgan fingerprint density at radius 1 is 0.533 bits per heavy atom. The second kappa shape index (κ2) is 5.61. The van der Waals surface area contributed by atoms with Gasteiger partial charge < -0.3 is 0 Å². The van der Waals surface area contributed by atoms with Crippen LogP contribution in [0.25, 0.3) is 55.3 Å². The zero-order valence-corrected chi connectivity index (χ0v) is 15.8. The first-order chi connectivity index (χ1) is 14.9. The topological polar surface area (TPSA) is 60.4 Å². The molecule has 0 bridgehead atoms. The molecule has 0 spiro atoms. The third-order valence-electron chi connectivity index (χ3n) is 5.66. The van der Waals surface area contributed by atoms with Crippen molar-refractivity contribution in [1.29, 1.82) is 0 Å². The van der Waals surface area contributed by atoms with Crippen molar-refractivity contribution in [2.45, 2.75) is 0 Å². The molecule has 0 saturated carbocycles. The van der Waals surface area contributed by atoms with Crippen molar-refractivity contribution in [3.63, 3.8) is 0 Å². The van der Waals surface area contributed by atoms with Gasteiger partial charge in [-0.25, -0.2) is 19.9 Å². The molecule has 0 saturated heterocycles. The molecule has 0 radical (unpaired) electrons. The molecule has 7 rings (SSSR count). The molecule has 6 heteroatoms. The predicted octanol–water partition coefficient (Wildman–Crippen LogP) is 4.95. The average Bonchev–Trinajstić information content (AvgIpc) is 3.36. The molecule has 0 aliphatic heterocycles. The Balaban J connectivity index is 1.99. The van der Waals surface area contributed by atoms with Crippen LogP contribution in [0.1, 0.15) is 0 Å². The van der Waals surface area contributed by atoms with Gasteiger partial charge in [-0.05, 0) is 30.3 Å². The minimum atomic E-state index is 0.766. The summed E-state index contributed by atoms with van der Waals surface area (Å²) in [6, 6.07) is 24.6. The largest absolute Gasteiger partial charge is 0.289 e. The van der Waals surface area contributed by atoms with E-state index in [2.05, 4.69) is 43.0 Å². The van der Waals surface area contributed by atoms with E-state index in [9.17, 15) is 0 Å². The summed E-state index contributed by atoms with van der Waals surface area (Å²) in [5.74, 6) is 0. The van der Waals surface area contributed by atoms with Crippen LogP contribution in [0.4, 0.5) is 0 Å². The van der Waals surface area contributed by atoms with Crippen LogP contribution in [0, 0.1) is 0 Å². The zero-order chi connectivity index (χ0) is 19.7. The summed E-state index contributed by atoms with van der Waals surface area (Å²) in [5.41, 5.74) is 7.27. The summed E-state index contributed by atoms with van der Waals surface area (Å²) in [7, 11) is 0. The Morgan fingerprint density at radius 2 is 1.13 bits per heavy atom. The van der Waals surface area contributed by atoms with Crippen molar-refractivity contribution < 1.29 is 0 Å². The molecule has 30 heavy (non-hydrogen) atoms. The van der Waals surface area contributed by atoms with Gasteiger partial charge in [-0.3, -0.25) is 8.80 Å². The highest BCUT2D eigenvalue weighted by molar-refractivity contribution is 6.06. The number of rotatable bonds is 0. The normalized spacial score (nSPS) is 12.0. The quantitative estimate of drug-likeness (QED) is 0.370. The summed E-state index contributed by atoms with van der Waals surface area (Å²) in [4.78, 5) is 19.0. The Labute approximate surface area is 169 Å². The molecular weight excluding hydrogens is 372 g/mol. The van der Waals surface area contributed by atoms with Gasteiger partial charge in [-0.2, -0.15) is 0 Å². The lowest BCUT2D eigenvalue weighted by molar-refractivity contribution is 1.15. The lowest BCUT2D eigenvalue weighted by Gasteiger charge is -2.06. The number of imidazole rings is 2. The van der Waals surface area contributed by atoms with Crippen LogP contribution in [0.5, 0.6) is 0 Å². The molecule has 0 aliphatic rings. The summed E-state index contributed by atoms with van der Waals surface area (Å²) >= 11 is 0. The molecular formula is C24H14N6. The van der Waals surface area contributed by atoms with Crippen molar-refractivity contribution in [1.82, 2.24) is 28.7 Å². The second-order valence-corrected chi connectivity index (χ2v) is 7.30. The maximum Gasteiger partial charge on any atom is 0.183 e. The van der Waals surface area contributed by atoms with Gasteiger partial charge in [0, 0.05) is 17.0 Å². The molecule has 0 unspecified atom stereocenters. The van der Waals surface area contributed by atoms with Crippen LogP contribution in [-0.2, 0) is 0 Å². The van der Waals surface area contributed by atoms with Gasteiger partial charge >= 0.3 is 0 Å². The van der Waals surface area contributed by atoms with Crippen LogP contribution in [0.15, 0.2) is 85.3 Å². The van der Waals surface area contributed by atoms with Crippen LogP contribution >= 0.6 is 0 Å². The maximum absolute atomic E-state index is 5.00. The molecule has 4 heterocycles. The fourth-order valence-corrected chi connectivity index (χ4v) is 4.40. The van der Waals surface area contributed by atoms with Crippen molar-refractivity contribution in [3.8, 4) is 0 Å². The first-order valence-electron chi connectivity index (χ1n) is 9.75. The average molecular weight is 386 g/mol. The fourth-order valence-electron chi connectivity index (χ4n) is 4.40. The van der Waals surface area contributed by atoms with Crippen LogP contribution in [0.3, 0.4) is 0 Å². The van der Waals surface area contributed by atoms with E-state index in [0.29, 0.717) is 0 Å². The smallest absolute Gasteiger partial charge is 0.183 e. The maximum atomic E-state index is 5.00. The molecule has 0 amide bonds. The van der Waals surface area contributed by atoms with E-state index in [1.807, 2.05) is 54.7 Å². The SMILES string of the molecule is c1ccc2c(c1)nc1c3nc4ccccc4n3c3ncncc3c3ccccc3n21. The monoisotopic (exact) mass is 386 g/mol. The summed E-state index contributed by atoms with van der Waals surface area (Å²) < 4.78 is 4.29. The molecule has 140 valence electrons. The standard InChI is InChI=1S/C24H14N6/c1-4-10-19-15(7-1)16-13-25-14-26-22(16)30-21-12-6-3-9-18(21)28-24(30)23-27-17-8-2-5-11-20(17)29(19)23/h1-14H. The number of hydrogen-bond donors (Lipinski definition) is 0. The van der Waals surface area contributed by atoms with Gasteiger partial charge in [0.25, 0.3) is 0 Å². The van der Waals surface area contributed by atoms with Gasteiger partial charge in [0.05, 0.1) is 27.6 Å². The Bertz CT molecular complexity index is 1680. The summed E-state index contributed by atoms with van der Waals surface area (Å²) in [6.07, 6.45) is 3.47. The van der Waals surface area contributed by atoms with E-state index < -0.39 is 0 Å². The number of benzene rings is 3. The molecule has 7 aromatic rings. The number of fused-ring (bicyclic) bond motifs is 12. The lowest BCUT2D eigenvalue weighted by atomic mass is 10.1. The van der Waals surface area contributed by atoms with Crippen molar-refractivity contribution >= 4 is 55.3 Å². The second-order valence-electron chi connectivity index (χ2n) is 7.30. The van der Waals surface area contributed by atoms with E-state index >= 15 is 0 Å². The number of para-hydroxylation sites is 5. The van der Waals surface area contributed by atoms with Crippen molar-refractivity contribution in [3.05, 3.63) is 85.3 Å². The number of nitrogens with zero attached hydrogens (tertiary/aromatic N) is 6. The van der Waals surface area contributed by atoms with Crippen LogP contribution in [0.2, 0.25) is 0 Å². The Morgan fingerprint density at radius 3 is 1.90 bits per heavy atom. The highest BCUT2D eigenvalue weighted by atomic mass is 15.1. The highest BCUT2D eigenvalue weighted by Crippen LogP contribution is 2.30. The van der Waals surface area contributed by atoms with Gasteiger partial charge in [0.1, 0.15) is 12.0 Å². The highest BCUT2D eigenvalue weighted by Gasteiger charge is 2.16. The van der Waals surface area contributed by atoms with E-state index in [0.717, 1.165) is 55.3 Å². The van der Waals surface area contributed by atoms with Crippen molar-refractivity contribution in [2.24, 2.45) is 0 Å². The van der Waals surface area contributed by atoms with Gasteiger partial charge in [-0.1, -0.05) is 42.5 Å². The van der Waals surface area contributed by atoms with Gasteiger partial charge in [-0.15, -0.1) is 0 Å². The Kier molecular flexibility index (Phi) is 2.91. The zero-order valence-electron chi connectivity index (χ0n) is 15.8. The fraction of sp³-hybridized carbons (Fsp3) is 0. The molecule has 0 N–H and O–H groups in total. The minimum absolute atomic E-state index is 0.766. The molecule has 0 aliphatic carbocycles. The van der Waals surface area contributed by atoms with E-state index in [1.54, 1.807) is 6.33 Å². The van der Waals surface area contributed by atoms with Gasteiger partial charge in [0.2, 0.25) is 0 Å². The van der Waals surface area contributed by atoms with Gasteiger partial charge in [0.15, 0.2) is 11.3 Å². The third-order valence-corrected chi connectivity index (χ3v) is 5.66. The lowest BCUT2D eigenvalue weighted by Crippen LogP contribution is -1.96. The number of aromatic nitrogens is 6. The Hall–Kier alpha value is -4.32. The molecule has 0 atom stereocenters. The minimum Gasteiger partial charge on any atom is -0.289 e. The van der Waals surface area contributed by atoms with E-state index in [1.165, 1.54) is 0 Å². The molecule has 0 fully saturated rings. The third kappa shape index (κ3) is 1.92. The molecule has 4 aromatic heterocycles. The molecule has 6 nitrogen and oxygen atoms in total.